The molecule has 1 unspecified atom stereocenters. The van der Waals surface area contributed by atoms with Crippen molar-refractivity contribution in [1.29, 1.82) is 0 Å². The molecule has 8 heteroatoms. The molecule has 3 N–H and O–H groups in total. The minimum Gasteiger partial charge on any atom is -0.394 e. The monoisotopic (exact) mass is 294 g/mol. The van der Waals surface area contributed by atoms with Crippen LogP contribution in [0.25, 0.3) is 0 Å². The van der Waals surface area contributed by atoms with Crippen LogP contribution in [0.2, 0.25) is 0 Å². The van der Waals surface area contributed by atoms with Crippen LogP contribution >= 0.6 is 28.6 Å². The number of ether oxygens (including phenoxy) is 1. The van der Waals surface area contributed by atoms with Crippen LogP contribution < -0.4 is 0 Å². The van der Waals surface area contributed by atoms with Crippen molar-refractivity contribution in [2.45, 2.75) is 19.4 Å². The molecule has 0 aliphatic rings. The third-order valence-corrected chi connectivity index (χ3v) is 1.13. The highest BCUT2D eigenvalue weighted by atomic mass is 35.9. The van der Waals surface area contributed by atoms with Gasteiger partial charge in [0.2, 0.25) is 0 Å². The van der Waals surface area contributed by atoms with Crippen molar-refractivity contribution >= 4 is 28.6 Å². The Kier molecular flexibility index (Phi) is 12.3. The first kappa shape index (κ1) is 18.7. The fraction of sp³-hybridized carbons (Fsp3) is 0.750. The summed E-state index contributed by atoms with van der Waals surface area (Å²) in [5, 5.41) is 17.5. The van der Waals surface area contributed by atoms with E-state index in [4.69, 9.17) is 14.7 Å². The molecule has 1 atom stereocenters. The maximum Gasteiger partial charge on any atom is 0.377 e. The van der Waals surface area contributed by atoms with Crippen molar-refractivity contribution in [1.82, 2.24) is 0 Å². The predicted molar refractivity (Wildman–Crippen MR) is 64.9 cm³/mol. The van der Waals surface area contributed by atoms with E-state index in [1.807, 2.05) is 6.92 Å². The van der Waals surface area contributed by atoms with Gasteiger partial charge in [0, 0.05) is 0 Å². The van der Waals surface area contributed by atoms with Crippen LogP contribution in [0.4, 0.5) is 0 Å². The first-order valence-corrected chi connectivity index (χ1v) is 7.87. The van der Waals surface area contributed by atoms with E-state index in [0.29, 0.717) is 6.42 Å². The Balaban J connectivity index is 0. The van der Waals surface area contributed by atoms with E-state index in [-0.39, 0.29) is 19.8 Å². The van der Waals surface area contributed by atoms with Crippen LogP contribution in [0.1, 0.15) is 13.3 Å². The Labute approximate surface area is 105 Å². The summed E-state index contributed by atoms with van der Waals surface area (Å²) in [6.45, 7) is 6.07. The topological polar surface area (TPSA) is 87.0 Å². The van der Waals surface area contributed by atoms with Crippen molar-refractivity contribution in [3.63, 3.8) is 0 Å². The van der Waals surface area contributed by atoms with E-state index in [9.17, 15) is 9.67 Å². The van der Waals surface area contributed by atoms with E-state index in [2.05, 4.69) is 29.1 Å². The maximum absolute atomic E-state index is 9.30. The van der Waals surface area contributed by atoms with Crippen LogP contribution in [0.15, 0.2) is 12.2 Å². The molecule has 0 fully saturated rings. The fourth-order valence-corrected chi connectivity index (χ4v) is 0.745. The Bertz CT molecular complexity index is 222. The molecule has 0 heterocycles. The molecule has 0 saturated carbocycles. The molecule has 0 aliphatic heterocycles. The van der Waals surface area contributed by atoms with Crippen molar-refractivity contribution in [2.24, 2.45) is 0 Å². The lowest BCUT2D eigenvalue weighted by Gasteiger charge is -2.09. The van der Waals surface area contributed by atoms with Gasteiger partial charge in [0.05, 0.1) is 25.9 Å². The molecule has 0 rings (SSSR count). The summed E-state index contributed by atoms with van der Waals surface area (Å²) in [7, 11) is 0. The molecule has 0 radical (unpaired) electrons. The van der Waals surface area contributed by atoms with Gasteiger partial charge in [0.25, 0.3) is 0 Å². The lowest BCUT2D eigenvalue weighted by Crippen LogP contribution is -2.16. The highest BCUT2D eigenvalue weighted by Gasteiger charge is 2.03. The zero-order valence-corrected chi connectivity index (χ0v) is 11.4. The van der Waals surface area contributed by atoms with Gasteiger partial charge in [-0.15, -0.1) is 6.58 Å². The summed E-state index contributed by atoms with van der Waals surface area (Å²) < 4.78 is 14.2. The summed E-state index contributed by atoms with van der Waals surface area (Å²) >= 11 is 8.81. The average molecular weight is 295 g/mol. The van der Waals surface area contributed by atoms with E-state index in [1.54, 1.807) is 0 Å². The summed E-state index contributed by atoms with van der Waals surface area (Å²) in [6, 6.07) is 0. The standard InChI is InChI=1S/C8H16O3.Cl2HO2P/c1-7(2)5-8(10)6-11-4-3-9;1-5(2,3)4/h8-10H,1,3-6H2,2H3;(H,3,4). The van der Waals surface area contributed by atoms with Crippen molar-refractivity contribution in [3.8, 4) is 0 Å². The zero-order valence-electron chi connectivity index (χ0n) is 8.97. The Morgan fingerprint density at radius 3 is 2.31 bits per heavy atom. The number of hydrogen-bond donors (Lipinski definition) is 3. The SMILES string of the molecule is C=C(C)CC(O)COCCO.O=P(O)(Cl)Cl. The van der Waals surface area contributed by atoms with Gasteiger partial charge >= 0.3 is 6.07 Å². The molecule has 98 valence electrons. The summed E-state index contributed by atoms with van der Waals surface area (Å²) in [6.07, 6.45) is -3.62. The predicted octanol–water partition coefficient (Wildman–Crippen LogP) is 1.89. The molecule has 0 aliphatic carbocycles. The van der Waals surface area contributed by atoms with E-state index in [0.717, 1.165) is 5.57 Å². The second-order valence-corrected chi connectivity index (χ2v) is 7.19. The van der Waals surface area contributed by atoms with E-state index >= 15 is 0 Å². The number of rotatable bonds is 6. The van der Waals surface area contributed by atoms with E-state index in [1.165, 1.54) is 0 Å². The molecule has 0 saturated heterocycles. The smallest absolute Gasteiger partial charge is 0.377 e. The van der Waals surface area contributed by atoms with Crippen molar-refractivity contribution < 1.29 is 24.4 Å². The third kappa shape index (κ3) is 29.3. The maximum atomic E-state index is 9.30. The van der Waals surface area contributed by atoms with Crippen LogP contribution in [0, 0.1) is 0 Å². The minimum absolute atomic E-state index is 0.000207. The second-order valence-electron chi connectivity index (χ2n) is 3.05. The number of aliphatic hydroxyl groups is 2. The summed E-state index contributed by atoms with van der Waals surface area (Å²) in [5.74, 6) is 0. The molecule has 0 aromatic carbocycles. The molecule has 0 aromatic heterocycles. The molecule has 0 aromatic rings. The molecule has 16 heavy (non-hydrogen) atoms. The van der Waals surface area contributed by atoms with Crippen LogP contribution in [0.5, 0.6) is 0 Å². The Hall–Kier alpha value is 0.390. The Morgan fingerprint density at radius 1 is 1.56 bits per heavy atom. The highest BCUT2D eigenvalue weighted by Crippen LogP contribution is 2.51. The second kappa shape index (κ2) is 10.5. The lowest BCUT2D eigenvalue weighted by atomic mass is 10.1. The summed E-state index contributed by atoms with van der Waals surface area (Å²) in [4.78, 5) is 7.61. The van der Waals surface area contributed by atoms with Crippen molar-refractivity contribution in [2.75, 3.05) is 19.8 Å². The van der Waals surface area contributed by atoms with Crippen molar-refractivity contribution in [3.05, 3.63) is 12.2 Å². The summed E-state index contributed by atoms with van der Waals surface area (Å²) in [5.41, 5.74) is 0.935. The van der Waals surface area contributed by atoms with Gasteiger partial charge < -0.3 is 19.8 Å². The van der Waals surface area contributed by atoms with Gasteiger partial charge in [0.1, 0.15) is 0 Å². The van der Waals surface area contributed by atoms with Gasteiger partial charge in [0.15, 0.2) is 0 Å². The number of halogens is 2. The fourth-order valence-electron chi connectivity index (χ4n) is 0.745. The van der Waals surface area contributed by atoms with Gasteiger partial charge in [-0.3, -0.25) is 4.57 Å². The average Bonchev–Trinajstić information content (AvgIpc) is 1.99. The molecular weight excluding hydrogens is 278 g/mol. The molecule has 5 nitrogen and oxygen atoms in total. The van der Waals surface area contributed by atoms with Gasteiger partial charge in [-0.2, -0.15) is 0 Å². The van der Waals surface area contributed by atoms with Gasteiger partial charge in [-0.1, -0.05) is 5.57 Å². The van der Waals surface area contributed by atoms with Crippen LogP contribution in [-0.4, -0.2) is 41.0 Å². The first-order chi connectivity index (χ1) is 7.16. The largest absolute Gasteiger partial charge is 0.394 e. The molecule has 0 spiro atoms. The molecular formula is C8H17Cl2O5P. The number of hydrogen-bond acceptors (Lipinski definition) is 4. The van der Waals surface area contributed by atoms with Crippen LogP contribution in [-0.2, 0) is 9.30 Å². The lowest BCUT2D eigenvalue weighted by molar-refractivity contribution is 0.0218. The quantitative estimate of drug-likeness (QED) is 0.396. The normalized spacial score (nSPS) is 12.6. The zero-order chi connectivity index (χ0) is 13.2. The van der Waals surface area contributed by atoms with Gasteiger partial charge in [-0.25, -0.2) is 0 Å². The Morgan fingerprint density at radius 2 is 2.00 bits per heavy atom. The van der Waals surface area contributed by atoms with E-state index < -0.39 is 12.2 Å². The number of aliphatic hydroxyl groups excluding tert-OH is 2. The molecule has 0 bridgehead atoms. The van der Waals surface area contributed by atoms with Crippen LogP contribution in [0.3, 0.4) is 0 Å². The molecule has 0 amide bonds. The highest BCUT2D eigenvalue weighted by molar-refractivity contribution is 8.04. The third-order valence-electron chi connectivity index (χ3n) is 1.13. The van der Waals surface area contributed by atoms with Gasteiger partial charge in [-0.05, 0) is 35.8 Å². The minimum atomic E-state index is -3.69. The first-order valence-electron chi connectivity index (χ1n) is 4.40.